The van der Waals surface area contributed by atoms with Crippen LogP contribution in [0.4, 0.5) is 8.78 Å². The van der Waals surface area contributed by atoms with E-state index < -0.39 is 6.43 Å². The van der Waals surface area contributed by atoms with Crippen molar-refractivity contribution in [2.75, 3.05) is 19.6 Å². The van der Waals surface area contributed by atoms with Crippen LogP contribution in [0.15, 0.2) is 12.1 Å². The Morgan fingerprint density at radius 3 is 2.67 bits per heavy atom. The Morgan fingerprint density at radius 1 is 1.08 bits per heavy atom. The molecule has 0 aromatic carbocycles. The highest BCUT2D eigenvalue weighted by Gasteiger charge is 2.18. The van der Waals surface area contributed by atoms with Gasteiger partial charge in [0.2, 0.25) is 6.43 Å². The Morgan fingerprint density at radius 2 is 1.88 bits per heavy atom. The molecule has 1 aliphatic carbocycles. The molecule has 0 bridgehead atoms. The molecule has 1 saturated carbocycles. The fraction of sp³-hybridized carbons (Fsp3) is 0.750. The second-order valence-electron chi connectivity index (χ2n) is 7.47. The molecule has 4 heteroatoms. The molecule has 2 nitrogen and oxygen atoms in total. The predicted octanol–water partition coefficient (Wildman–Crippen LogP) is 4.65. The molecular weight excluding hydrogens is 306 g/mol. The quantitative estimate of drug-likeness (QED) is 0.752. The molecule has 2 aliphatic rings. The molecule has 0 amide bonds. The molecule has 0 N–H and O–H groups in total. The van der Waals surface area contributed by atoms with Gasteiger partial charge in [0.1, 0.15) is 0 Å². The van der Waals surface area contributed by atoms with Crippen molar-refractivity contribution in [3.63, 3.8) is 0 Å². The molecule has 1 aliphatic heterocycles. The van der Waals surface area contributed by atoms with Gasteiger partial charge in [0, 0.05) is 37.3 Å². The number of aromatic nitrogens is 1. The molecule has 3 rings (SSSR count). The van der Waals surface area contributed by atoms with E-state index in [-0.39, 0.29) is 6.42 Å². The number of nitrogens with zero attached hydrogens (tertiary/aromatic N) is 2. The summed E-state index contributed by atoms with van der Waals surface area (Å²) < 4.78 is 24.8. The van der Waals surface area contributed by atoms with Crippen LogP contribution in [0, 0.1) is 5.92 Å². The van der Waals surface area contributed by atoms with Crippen LogP contribution in [0.25, 0.3) is 0 Å². The third kappa shape index (κ3) is 5.23. The molecule has 0 radical (unpaired) electrons. The summed E-state index contributed by atoms with van der Waals surface area (Å²) in [6.45, 7) is 3.37. The van der Waals surface area contributed by atoms with Gasteiger partial charge in [-0.25, -0.2) is 8.78 Å². The van der Waals surface area contributed by atoms with Crippen molar-refractivity contribution in [1.82, 2.24) is 9.88 Å². The first kappa shape index (κ1) is 17.8. The maximum Gasteiger partial charge on any atom is 0.239 e. The second kappa shape index (κ2) is 8.89. The smallest absolute Gasteiger partial charge is 0.239 e. The minimum absolute atomic E-state index is 0.0840. The number of hydrogen-bond acceptors (Lipinski definition) is 2. The molecule has 1 fully saturated rings. The molecule has 0 spiro atoms. The van der Waals surface area contributed by atoms with Crippen molar-refractivity contribution in [2.24, 2.45) is 5.92 Å². The first-order chi connectivity index (χ1) is 11.7. The van der Waals surface area contributed by atoms with Crippen LogP contribution in [0.1, 0.15) is 61.9 Å². The van der Waals surface area contributed by atoms with E-state index in [1.165, 1.54) is 50.6 Å². The van der Waals surface area contributed by atoms with Crippen LogP contribution < -0.4 is 0 Å². The Balaban J connectivity index is 1.50. The Kier molecular flexibility index (Phi) is 6.59. The maximum absolute atomic E-state index is 12.4. The Bertz CT molecular complexity index is 512. The van der Waals surface area contributed by atoms with Crippen LogP contribution >= 0.6 is 0 Å². The van der Waals surface area contributed by atoms with Gasteiger partial charge in [-0.3, -0.25) is 4.98 Å². The fourth-order valence-electron chi connectivity index (χ4n) is 4.13. The molecule has 1 aromatic heterocycles. The lowest BCUT2D eigenvalue weighted by Crippen LogP contribution is -2.29. The topological polar surface area (TPSA) is 16.1 Å². The lowest BCUT2D eigenvalue weighted by Gasteiger charge is -2.26. The number of alkyl halides is 2. The number of pyridine rings is 1. The standard InChI is InChI=1S/C20H30F2N2/c21-20(22)9-8-18-7-6-17-11-14-24(15-12-19(17)23-18)13-10-16-4-2-1-3-5-16/h6-7,16,20H,1-5,8-15H2. The average molecular weight is 336 g/mol. The van der Waals surface area contributed by atoms with Crippen molar-refractivity contribution < 1.29 is 8.78 Å². The van der Waals surface area contributed by atoms with E-state index in [0.717, 1.165) is 43.2 Å². The lowest BCUT2D eigenvalue weighted by atomic mass is 9.87. The molecular formula is C20H30F2N2. The van der Waals surface area contributed by atoms with Gasteiger partial charge in [-0.05, 0) is 43.4 Å². The van der Waals surface area contributed by atoms with Gasteiger partial charge < -0.3 is 4.90 Å². The minimum Gasteiger partial charge on any atom is -0.303 e. The Labute approximate surface area is 144 Å². The first-order valence-corrected chi connectivity index (χ1v) is 9.69. The molecule has 0 atom stereocenters. The first-order valence-electron chi connectivity index (χ1n) is 9.69. The van der Waals surface area contributed by atoms with E-state index in [2.05, 4.69) is 16.0 Å². The van der Waals surface area contributed by atoms with Gasteiger partial charge >= 0.3 is 0 Å². The van der Waals surface area contributed by atoms with Gasteiger partial charge in [-0.1, -0.05) is 38.2 Å². The van der Waals surface area contributed by atoms with Gasteiger partial charge in [0.25, 0.3) is 0 Å². The normalized spacial score (nSPS) is 20.1. The zero-order valence-electron chi connectivity index (χ0n) is 14.7. The monoisotopic (exact) mass is 336 g/mol. The highest BCUT2D eigenvalue weighted by Crippen LogP contribution is 2.26. The average Bonchev–Trinajstić information content (AvgIpc) is 2.81. The molecule has 0 saturated heterocycles. The molecule has 0 unspecified atom stereocenters. The van der Waals surface area contributed by atoms with Crippen molar-refractivity contribution in [1.29, 1.82) is 0 Å². The minimum atomic E-state index is -2.24. The van der Waals surface area contributed by atoms with Crippen LogP contribution in [0.3, 0.4) is 0 Å². The van der Waals surface area contributed by atoms with Crippen LogP contribution in [-0.2, 0) is 19.3 Å². The zero-order valence-corrected chi connectivity index (χ0v) is 14.7. The van der Waals surface area contributed by atoms with E-state index in [1.807, 2.05) is 6.07 Å². The fourth-order valence-corrected chi connectivity index (χ4v) is 4.13. The third-order valence-electron chi connectivity index (χ3n) is 5.69. The molecule has 1 aromatic rings. The Hall–Kier alpha value is -1.03. The summed E-state index contributed by atoms with van der Waals surface area (Å²) in [5.74, 6) is 0.934. The van der Waals surface area contributed by atoms with E-state index in [4.69, 9.17) is 0 Å². The van der Waals surface area contributed by atoms with Gasteiger partial charge in [-0.2, -0.15) is 0 Å². The van der Waals surface area contributed by atoms with E-state index in [1.54, 1.807) is 0 Å². The summed E-state index contributed by atoms with van der Waals surface area (Å²) in [6.07, 6.45) is 8.51. The zero-order chi connectivity index (χ0) is 16.8. The summed E-state index contributed by atoms with van der Waals surface area (Å²) in [7, 11) is 0. The maximum atomic E-state index is 12.4. The van der Waals surface area contributed by atoms with Crippen LogP contribution in [-0.4, -0.2) is 35.9 Å². The highest BCUT2D eigenvalue weighted by molar-refractivity contribution is 5.25. The second-order valence-corrected chi connectivity index (χ2v) is 7.47. The number of fused-ring (bicyclic) bond motifs is 1. The van der Waals surface area contributed by atoms with Gasteiger partial charge in [0.15, 0.2) is 0 Å². The van der Waals surface area contributed by atoms with Crippen molar-refractivity contribution >= 4 is 0 Å². The van der Waals surface area contributed by atoms with Crippen molar-refractivity contribution in [3.8, 4) is 0 Å². The number of rotatable bonds is 6. The number of hydrogen-bond donors (Lipinski definition) is 0. The van der Waals surface area contributed by atoms with E-state index >= 15 is 0 Å². The highest BCUT2D eigenvalue weighted by atomic mass is 19.3. The summed E-state index contributed by atoms with van der Waals surface area (Å²) in [6, 6.07) is 4.06. The number of aryl methyl sites for hydroxylation is 1. The van der Waals surface area contributed by atoms with Gasteiger partial charge in [0.05, 0.1) is 0 Å². The van der Waals surface area contributed by atoms with Crippen LogP contribution in [0.5, 0.6) is 0 Å². The van der Waals surface area contributed by atoms with Crippen molar-refractivity contribution in [2.45, 2.75) is 70.6 Å². The largest absolute Gasteiger partial charge is 0.303 e. The van der Waals surface area contributed by atoms with Crippen molar-refractivity contribution in [3.05, 3.63) is 29.1 Å². The van der Waals surface area contributed by atoms with Gasteiger partial charge in [-0.15, -0.1) is 0 Å². The summed E-state index contributed by atoms with van der Waals surface area (Å²) >= 11 is 0. The lowest BCUT2D eigenvalue weighted by molar-refractivity contribution is 0.137. The summed E-state index contributed by atoms with van der Waals surface area (Å²) in [5, 5.41) is 0. The predicted molar refractivity (Wildman–Crippen MR) is 93.6 cm³/mol. The summed E-state index contributed by atoms with van der Waals surface area (Å²) in [4.78, 5) is 7.25. The molecule has 2 heterocycles. The SMILES string of the molecule is FC(F)CCc1ccc2c(n1)CCN(CCC1CCCCC1)CC2. The van der Waals surface area contributed by atoms with E-state index in [0.29, 0.717) is 6.42 Å². The summed E-state index contributed by atoms with van der Waals surface area (Å²) in [5.41, 5.74) is 3.28. The van der Waals surface area contributed by atoms with Crippen LogP contribution in [0.2, 0.25) is 0 Å². The number of halogens is 2. The molecule has 134 valence electrons. The molecule has 24 heavy (non-hydrogen) atoms. The van der Waals surface area contributed by atoms with E-state index in [9.17, 15) is 8.78 Å². The third-order valence-corrected chi connectivity index (χ3v) is 5.69.